The van der Waals surface area contributed by atoms with Crippen molar-refractivity contribution in [2.45, 2.75) is 36.3 Å². The lowest BCUT2D eigenvalue weighted by Gasteiger charge is -2.40. The molecule has 2 atom stereocenters. The van der Waals surface area contributed by atoms with E-state index >= 15 is 0 Å². The summed E-state index contributed by atoms with van der Waals surface area (Å²) in [6.07, 6.45) is 3.13. The Morgan fingerprint density at radius 3 is 2.82 bits per heavy atom. The minimum atomic E-state index is -0.280. The molecule has 0 radical (unpaired) electrons. The molecule has 1 saturated carbocycles. The molecule has 2 rings (SSSR count). The zero-order chi connectivity index (χ0) is 12.1. The van der Waals surface area contributed by atoms with Crippen molar-refractivity contribution in [2.75, 3.05) is 39.7 Å². The van der Waals surface area contributed by atoms with Gasteiger partial charge >= 0.3 is 0 Å². The first kappa shape index (κ1) is 13.6. The summed E-state index contributed by atoms with van der Waals surface area (Å²) < 4.78 is 16.7. The lowest BCUT2D eigenvalue weighted by molar-refractivity contribution is -0.177. The molecule has 100 valence electrons. The van der Waals surface area contributed by atoms with E-state index in [1.807, 2.05) is 18.8 Å². The average Bonchev–Trinajstić information content (AvgIpc) is 2.78. The first-order valence-corrected chi connectivity index (χ1v) is 7.40. The van der Waals surface area contributed by atoms with Crippen LogP contribution in [-0.4, -0.2) is 56.8 Å². The van der Waals surface area contributed by atoms with Crippen LogP contribution in [0.1, 0.15) is 19.3 Å². The van der Waals surface area contributed by atoms with Crippen LogP contribution in [0.25, 0.3) is 0 Å². The van der Waals surface area contributed by atoms with Gasteiger partial charge in [-0.05, 0) is 13.5 Å². The molecule has 2 aliphatic rings. The number of ether oxygens (including phenoxy) is 3. The van der Waals surface area contributed by atoms with E-state index in [9.17, 15) is 0 Å². The van der Waals surface area contributed by atoms with Crippen molar-refractivity contribution in [3.05, 3.63) is 0 Å². The van der Waals surface area contributed by atoms with Crippen molar-refractivity contribution < 1.29 is 14.2 Å². The Morgan fingerprint density at radius 1 is 1.41 bits per heavy atom. The van der Waals surface area contributed by atoms with E-state index in [-0.39, 0.29) is 5.79 Å². The summed E-state index contributed by atoms with van der Waals surface area (Å²) in [6, 6.07) is 0.565. The molecular weight excluding hydrogens is 238 g/mol. The zero-order valence-electron chi connectivity index (χ0n) is 10.7. The first-order valence-electron chi connectivity index (χ1n) is 6.35. The van der Waals surface area contributed by atoms with Gasteiger partial charge in [0.15, 0.2) is 5.79 Å². The van der Waals surface area contributed by atoms with Crippen molar-refractivity contribution in [3.63, 3.8) is 0 Å². The summed E-state index contributed by atoms with van der Waals surface area (Å²) >= 11 is 1.97. The number of hydrogen-bond donors (Lipinski definition) is 1. The normalized spacial score (nSPS) is 32.1. The molecule has 1 N–H and O–H groups in total. The highest BCUT2D eigenvalue weighted by atomic mass is 32.2. The highest BCUT2D eigenvalue weighted by molar-refractivity contribution is 8.00. The Hall–Kier alpha value is 0.190. The largest absolute Gasteiger partial charge is 0.384 e. The smallest absolute Gasteiger partial charge is 0.169 e. The van der Waals surface area contributed by atoms with Crippen LogP contribution in [0.15, 0.2) is 0 Å². The summed E-state index contributed by atoms with van der Waals surface area (Å²) in [4.78, 5) is 0. The third-order valence-electron chi connectivity index (χ3n) is 3.60. The van der Waals surface area contributed by atoms with E-state index in [0.29, 0.717) is 11.3 Å². The standard InChI is InChI=1S/C12H23NO3S/c1-13-10-3-4-12(15-5-6-16-12)9-11(10)17-8-7-14-2/h10-11,13H,3-9H2,1-2H3. The molecule has 4 nitrogen and oxygen atoms in total. The molecule has 0 amide bonds. The van der Waals surface area contributed by atoms with Gasteiger partial charge in [-0.15, -0.1) is 0 Å². The number of hydrogen-bond acceptors (Lipinski definition) is 5. The minimum Gasteiger partial charge on any atom is -0.384 e. The van der Waals surface area contributed by atoms with Crippen LogP contribution in [0, 0.1) is 0 Å². The van der Waals surface area contributed by atoms with Gasteiger partial charge in [-0.1, -0.05) is 0 Å². The van der Waals surface area contributed by atoms with Crippen molar-refractivity contribution in [1.29, 1.82) is 0 Å². The molecule has 1 heterocycles. The molecule has 0 aromatic rings. The first-order chi connectivity index (χ1) is 8.29. The molecule has 0 bridgehead atoms. The Kier molecular flexibility index (Phi) is 5.11. The van der Waals surface area contributed by atoms with Gasteiger partial charge in [-0.2, -0.15) is 11.8 Å². The van der Waals surface area contributed by atoms with Gasteiger partial charge < -0.3 is 19.5 Å². The van der Waals surface area contributed by atoms with Crippen LogP contribution < -0.4 is 5.32 Å². The summed E-state index contributed by atoms with van der Waals surface area (Å²) in [5, 5.41) is 3.97. The Labute approximate surface area is 108 Å². The van der Waals surface area contributed by atoms with Crippen molar-refractivity contribution in [3.8, 4) is 0 Å². The third kappa shape index (κ3) is 3.35. The fraction of sp³-hybridized carbons (Fsp3) is 1.00. The minimum absolute atomic E-state index is 0.280. The van der Waals surface area contributed by atoms with Crippen LogP contribution in [0.5, 0.6) is 0 Å². The van der Waals surface area contributed by atoms with E-state index in [1.165, 1.54) is 0 Å². The molecule has 17 heavy (non-hydrogen) atoms. The molecule has 2 fully saturated rings. The highest BCUT2D eigenvalue weighted by Crippen LogP contribution is 2.40. The van der Waals surface area contributed by atoms with Gasteiger partial charge in [0.25, 0.3) is 0 Å². The van der Waals surface area contributed by atoms with E-state index in [0.717, 1.165) is 44.8 Å². The SMILES string of the molecule is CNC1CCC2(CC1SCCOC)OCCO2. The lowest BCUT2D eigenvalue weighted by Crippen LogP contribution is -2.48. The molecule has 0 aromatic heterocycles. The average molecular weight is 261 g/mol. The van der Waals surface area contributed by atoms with Crippen LogP contribution in [0.3, 0.4) is 0 Å². The summed E-state index contributed by atoms with van der Waals surface area (Å²) in [7, 11) is 3.80. The molecule has 1 aliphatic carbocycles. The van der Waals surface area contributed by atoms with Gasteiger partial charge in [0, 0.05) is 37.0 Å². The maximum absolute atomic E-state index is 5.82. The monoisotopic (exact) mass is 261 g/mol. The molecule has 0 aromatic carbocycles. The summed E-state index contributed by atoms with van der Waals surface area (Å²) in [6.45, 7) is 2.31. The predicted molar refractivity (Wildman–Crippen MR) is 69.5 cm³/mol. The summed E-state index contributed by atoms with van der Waals surface area (Å²) in [5.74, 6) is 0.757. The van der Waals surface area contributed by atoms with E-state index in [4.69, 9.17) is 14.2 Å². The molecule has 5 heteroatoms. The number of nitrogens with one attached hydrogen (secondary N) is 1. The second kappa shape index (κ2) is 6.38. The molecule has 2 unspecified atom stereocenters. The molecule has 1 spiro atoms. The van der Waals surface area contributed by atoms with Gasteiger partial charge in [-0.25, -0.2) is 0 Å². The predicted octanol–water partition coefficient (Wildman–Crippen LogP) is 1.25. The second-order valence-corrected chi connectivity index (χ2v) is 5.99. The Balaban J connectivity index is 1.88. The van der Waals surface area contributed by atoms with E-state index in [2.05, 4.69) is 5.32 Å². The van der Waals surface area contributed by atoms with Gasteiger partial charge in [0.1, 0.15) is 0 Å². The maximum Gasteiger partial charge on any atom is 0.169 e. The number of thioether (sulfide) groups is 1. The second-order valence-electron chi connectivity index (χ2n) is 4.65. The third-order valence-corrected chi connectivity index (χ3v) is 4.93. The van der Waals surface area contributed by atoms with Gasteiger partial charge in [0.05, 0.1) is 19.8 Å². The fourth-order valence-electron chi connectivity index (χ4n) is 2.66. The Bertz CT molecular complexity index is 234. The molecular formula is C12H23NO3S. The van der Waals surface area contributed by atoms with Crippen molar-refractivity contribution >= 4 is 11.8 Å². The molecule has 1 aliphatic heterocycles. The topological polar surface area (TPSA) is 39.7 Å². The van der Waals surface area contributed by atoms with E-state index in [1.54, 1.807) is 7.11 Å². The van der Waals surface area contributed by atoms with Crippen LogP contribution in [-0.2, 0) is 14.2 Å². The maximum atomic E-state index is 5.82. The molecule has 1 saturated heterocycles. The van der Waals surface area contributed by atoms with Crippen molar-refractivity contribution in [1.82, 2.24) is 5.32 Å². The van der Waals surface area contributed by atoms with Gasteiger partial charge in [-0.3, -0.25) is 0 Å². The number of methoxy groups -OCH3 is 1. The number of rotatable bonds is 5. The highest BCUT2D eigenvalue weighted by Gasteiger charge is 2.44. The lowest BCUT2D eigenvalue weighted by atomic mass is 9.89. The summed E-state index contributed by atoms with van der Waals surface area (Å²) in [5.41, 5.74) is 0. The zero-order valence-corrected chi connectivity index (χ0v) is 11.6. The fourth-order valence-corrected chi connectivity index (χ4v) is 4.10. The van der Waals surface area contributed by atoms with Gasteiger partial charge in [0.2, 0.25) is 0 Å². The van der Waals surface area contributed by atoms with Crippen LogP contribution in [0.4, 0.5) is 0 Å². The quantitative estimate of drug-likeness (QED) is 0.754. The van der Waals surface area contributed by atoms with E-state index < -0.39 is 0 Å². The van der Waals surface area contributed by atoms with Crippen LogP contribution >= 0.6 is 11.8 Å². The van der Waals surface area contributed by atoms with Crippen molar-refractivity contribution in [2.24, 2.45) is 0 Å². The Morgan fingerprint density at radius 2 is 2.18 bits per heavy atom. The van der Waals surface area contributed by atoms with Crippen LogP contribution in [0.2, 0.25) is 0 Å².